The highest BCUT2D eigenvalue weighted by Gasteiger charge is 2.41. The Labute approximate surface area is 222 Å². The van der Waals surface area contributed by atoms with E-state index in [1.807, 2.05) is 5.32 Å². The van der Waals surface area contributed by atoms with Crippen molar-refractivity contribution < 1.29 is 45.8 Å². The first kappa shape index (κ1) is 29.0. The number of carbonyl (C=O) groups excluding carboxylic acids is 2. The molecule has 9 nitrogen and oxygen atoms in total. The number of anilines is 1. The summed E-state index contributed by atoms with van der Waals surface area (Å²) in [5.41, 5.74) is -2.34. The molecule has 39 heavy (non-hydrogen) atoms. The Kier molecular flexibility index (Phi) is 8.37. The van der Waals surface area contributed by atoms with Crippen LogP contribution in [0.1, 0.15) is 52.0 Å². The number of halogens is 6. The summed E-state index contributed by atoms with van der Waals surface area (Å²) >= 11 is 0.518. The zero-order valence-electron chi connectivity index (χ0n) is 20.5. The minimum absolute atomic E-state index is 0.0119. The number of nitrogens with zero attached hydrogens (tertiary/aromatic N) is 3. The minimum atomic E-state index is -5.04. The topological polar surface area (TPSA) is 117 Å². The lowest BCUT2D eigenvalue weighted by atomic mass is 10.1. The van der Waals surface area contributed by atoms with Crippen LogP contribution in [0.2, 0.25) is 0 Å². The Bertz CT molecular complexity index is 1210. The van der Waals surface area contributed by atoms with Crippen LogP contribution in [0.3, 0.4) is 0 Å². The molecule has 3 N–H and O–H groups in total. The number of aliphatic hydroxyl groups is 1. The monoisotopic (exact) mass is 581 g/mol. The number of thiazole rings is 1. The van der Waals surface area contributed by atoms with Gasteiger partial charge in [-0.2, -0.15) is 26.3 Å². The van der Waals surface area contributed by atoms with Crippen LogP contribution in [0.5, 0.6) is 0 Å². The lowest BCUT2D eigenvalue weighted by Crippen LogP contribution is -2.42. The Balaban J connectivity index is 1.77. The molecule has 2 aromatic rings. The summed E-state index contributed by atoms with van der Waals surface area (Å²) in [6.45, 7) is 1.93. The van der Waals surface area contributed by atoms with Gasteiger partial charge in [0.2, 0.25) is 0 Å². The van der Waals surface area contributed by atoms with Crippen molar-refractivity contribution >= 4 is 29.0 Å². The number of likely N-dealkylation sites (tertiary alicyclic amines) is 1. The van der Waals surface area contributed by atoms with Crippen molar-refractivity contribution in [2.75, 3.05) is 31.6 Å². The molecule has 3 atom stereocenters. The summed E-state index contributed by atoms with van der Waals surface area (Å²) in [7, 11) is 0. The smallest absolute Gasteiger partial charge is 0.388 e. The lowest BCUT2D eigenvalue weighted by Gasteiger charge is -2.22. The highest BCUT2D eigenvalue weighted by atomic mass is 32.1. The number of alkyl halides is 6. The number of nitrogens with one attached hydrogen (secondary N) is 2. The number of pyridine rings is 1. The second-order valence-electron chi connectivity index (χ2n) is 9.14. The number of amides is 2. The summed E-state index contributed by atoms with van der Waals surface area (Å²) in [5.74, 6) is -2.16. The molecule has 16 heteroatoms. The number of hydrogen-bond acceptors (Lipinski definition) is 8. The van der Waals surface area contributed by atoms with Gasteiger partial charge in [0.1, 0.15) is 17.6 Å². The molecule has 2 saturated heterocycles. The molecule has 0 saturated carbocycles. The van der Waals surface area contributed by atoms with E-state index < -0.39 is 71.4 Å². The largest absolute Gasteiger partial charge is 0.417 e. The zero-order valence-corrected chi connectivity index (χ0v) is 21.3. The van der Waals surface area contributed by atoms with Crippen molar-refractivity contribution in [2.45, 2.75) is 56.7 Å². The molecule has 0 aliphatic carbocycles. The molecule has 2 aliphatic rings. The molecule has 4 heterocycles. The average Bonchev–Trinajstić information content (AvgIpc) is 3.62. The fourth-order valence-electron chi connectivity index (χ4n) is 4.27. The van der Waals surface area contributed by atoms with E-state index in [0.29, 0.717) is 43.3 Å². The molecule has 2 amide bonds. The molecular formula is C23H25F6N5O4S. The van der Waals surface area contributed by atoms with Crippen LogP contribution in [0.4, 0.5) is 32.2 Å². The standard InChI is InChI=1S/C23H25F6N5O4S/c1-2-15(23(27,28)29)32-16-7-12(22(24,25)26)11(8-30-16)18-17(21(37)34-5-3-4-6-34)33-20(39-18)19(36)31-13-9-38-10-14(13)35/h7-8,13-15,35H,2-6,9-10H2,1H3,(H,30,32)(H,31,36)/t13-,14-,15+/m1/s1. The maximum Gasteiger partial charge on any atom is 0.417 e. The van der Waals surface area contributed by atoms with E-state index in [-0.39, 0.29) is 23.1 Å². The van der Waals surface area contributed by atoms with Crippen LogP contribution >= 0.6 is 11.3 Å². The number of carbonyl (C=O) groups is 2. The van der Waals surface area contributed by atoms with Crippen molar-refractivity contribution in [1.82, 2.24) is 20.2 Å². The molecule has 0 radical (unpaired) electrons. The van der Waals surface area contributed by atoms with Crippen molar-refractivity contribution in [3.05, 3.63) is 28.5 Å². The summed E-state index contributed by atoms with van der Waals surface area (Å²) in [4.78, 5) is 35.0. The first-order valence-corrected chi connectivity index (χ1v) is 12.9. The van der Waals surface area contributed by atoms with Gasteiger partial charge in [0.25, 0.3) is 11.8 Å². The molecular weight excluding hydrogens is 556 g/mol. The van der Waals surface area contributed by atoms with Crippen LogP contribution in [0, 0.1) is 0 Å². The van der Waals surface area contributed by atoms with E-state index in [2.05, 4.69) is 15.3 Å². The normalized spacial score (nSPS) is 20.8. The number of aliphatic hydroxyl groups excluding tert-OH is 1. The maximum atomic E-state index is 14.2. The van der Waals surface area contributed by atoms with Gasteiger partial charge in [0.05, 0.1) is 35.8 Å². The quantitative estimate of drug-likeness (QED) is 0.427. The second kappa shape index (κ2) is 11.3. The molecule has 0 aromatic carbocycles. The number of ether oxygens (including phenoxy) is 1. The molecule has 2 fully saturated rings. The Morgan fingerprint density at radius 3 is 2.46 bits per heavy atom. The first-order valence-electron chi connectivity index (χ1n) is 12.1. The van der Waals surface area contributed by atoms with Gasteiger partial charge in [-0.25, -0.2) is 9.97 Å². The Morgan fingerprint density at radius 1 is 1.21 bits per heavy atom. The van der Waals surface area contributed by atoms with E-state index in [1.54, 1.807) is 0 Å². The van der Waals surface area contributed by atoms with Gasteiger partial charge in [0, 0.05) is 24.8 Å². The molecule has 2 aromatic heterocycles. The van der Waals surface area contributed by atoms with Crippen LogP contribution in [-0.4, -0.2) is 82.5 Å². The first-order chi connectivity index (χ1) is 18.3. The van der Waals surface area contributed by atoms with Gasteiger partial charge in [-0.3, -0.25) is 9.59 Å². The third-order valence-electron chi connectivity index (χ3n) is 6.36. The van der Waals surface area contributed by atoms with Crippen LogP contribution < -0.4 is 10.6 Å². The van der Waals surface area contributed by atoms with E-state index >= 15 is 0 Å². The SMILES string of the molecule is CC[C@H](Nc1cc(C(F)(F)F)c(-c2sc(C(=O)N[C@@H]3COC[C@H]3O)nc2C(=O)N2CCCC2)cn1)C(F)(F)F. The van der Waals surface area contributed by atoms with Crippen molar-refractivity contribution in [1.29, 1.82) is 0 Å². The summed E-state index contributed by atoms with van der Waals surface area (Å²) in [6.07, 6.45) is -9.11. The van der Waals surface area contributed by atoms with Crippen molar-refractivity contribution in [3.8, 4) is 10.4 Å². The number of rotatable bonds is 7. The highest BCUT2D eigenvalue weighted by molar-refractivity contribution is 7.17. The zero-order chi connectivity index (χ0) is 28.5. The molecule has 0 bridgehead atoms. The third kappa shape index (κ3) is 6.44. The minimum Gasteiger partial charge on any atom is -0.388 e. The van der Waals surface area contributed by atoms with E-state index in [1.165, 1.54) is 11.8 Å². The number of aromatic nitrogens is 2. The van der Waals surface area contributed by atoms with E-state index in [4.69, 9.17) is 4.74 Å². The average molecular weight is 582 g/mol. The Hall–Kier alpha value is -2.98. The summed E-state index contributed by atoms with van der Waals surface area (Å²) in [6, 6.07) is -2.46. The fourth-order valence-corrected chi connectivity index (χ4v) is 5.25. The van der Waals surface area contributed by atoms with Gasteiger partial charge in [-0.15, -0.1) is 11.3 Å². The predicted octanol–water partition coefficient (Wildman–Crippen LogP) is 3.70. The van der Waals surface area contributed by atoms with Gasteiger partial charge in [-0.05, 0) is 25.3 Å². The van der Waals surface area contributed by atoms with Gasteiger partial charge >= 0.3 is 12.4 Å². The van der Waals surface area contributed by atoms with Crippen LogP contribution in [0.25, 0.3) is 10.4 Å². The van der Waals surface area contributed by atoms with Crippen molar-refractivity contribution in [2.24, 2.45) is 0 Å². The molecule has 0 spiro atoms. The number of hydrogen-bond donors (Lipinski definition) is 3. The molecule has 0 unspecified atom stereocenters. The van der Waals surface area contributed by atoms with Gasteiger partial charge < -0.3 is 25.4 Å². The summed E-state index contributed by atoms with van der Waals surface area (Å²) < 4.78 is 87.2. The van der Waals surface area contributed by atoms with Gasteiger partial charge in [0.15, 0.2) is 5.01 Å². The molecule has 214 valence electrons. The molecule has 4 rings (SSSR count). The highest BCUT2D eigenvalue weighted by Crippen LogP contribution is 2.42. The second-order valence-corrected chi connectivity index (χ2v) is 10.1. The maximum absolute atomic E-state index is 14.2. The van der Waals surface area contributed by atoms with E-state index in [9.17, 15) is 41.0 Å². The van der Waals surface area contributed by atoms with Crippen molar-refractivity contribution in [3.63, 3.8) is 0 Å². The Morgan fingerprint density at radius 2 is 1.90 bits per heavy atom. The molecule has 2 aliphatic heterocycles. The third-order valence-corrected chi connectivity index (χ3v) is 7.45. The van der Waals surface area contributed by atoms with E-state index in [0.717, 1.165) is 6.20 Å². The predicted molar refractivity (Wildman–Crippen MR) is 127 cm³/mol. The van der Waals surface area contributed by atoms with Crippen LogP contribution in [-0.2, 0) is 10.9 Å². The fraction of sp³-hybridized carbons (Fsp3) is 0.565. The van der Waals surface area contributed by atoms with Crippen LogP contribution in [0.15, 0.2) is 12.3 Å². The summed E-state index contributed by atoms with van der Waals surface area (Å²) in [5, 5.41) is 14.1. The lowest BCUT2D eigenvalue weighted by molar-refractivity contribution is -0.142. The van der Waals surface area contributed by atoms with Gasteiger partial charge in [-0.1, -0.05) is 6.92 Å².